The van der Waals surface area contributed by atoms with E-state index in [4.69, 9.17) is 4.52 Å². The van der Waals surface area contributed by atoms with Crippen LogP contribution in [-0.2, 0) is 5.41 Å². The zero-order chi connectivity index (χ0) is 11.8. The fraction of sp³-hybridized carbons (Fsp3) is 0.750. The highest BCUT2D eigenvalue weighted by Crippen LogP contribution is 2.45. The maximum atomic E-state index is 11.7. The first kappa shape index (κ1) is 11.3. The molecule has 0 spiro atoms. The van der Waals surface area contributed by atoms with Gasteiger partial charge in [0.25, 0.3) is 5.89 Å². The predicted octanol–water partition coefficient (Wildman–Crippen LogP) is 2.74. The number of hydrogen-bond donors (Lipinski definition) is 0. The van der Waals surface area contributed by atoms with E-state index in [1.54, 1.807) is 0 Å². The van der Waals surface area contributed by atoms with Crippen LogP contribution in [0.5, 0.6) is 0 Å². The molecule has 1 aromatic heterocycles. The third kappa shape index (κ3) is 2.31. The number of carbonyl (C=O) groups excluding carboxylic acids is 1. The summed E-state index contributed by atoms with van der Waals surface area (Å²) in [5.41, 5.74) is 0.0695. The van der Waals surface area contributed by atoms with E-state index in [1.807, 2.05) is 0 Å². The van der Waals surface area contributed by atoms with Crippen molar-refractivity contribution in [2.24, 2.45) is 5.92 Å². The predicted molar refractivity (Wildman–Crippen MR) is 59.3 cm³/mol. The molecule has 16 heavy (non-hydrogen) atoms. The molecule has 0 bridgehead atoms. The van der Waals surface area contributed by atoms with Crippen LogP contribution in [0.25, 0.3) is 0 Å². The van der Waals surface area contributed by atoms with Gasteiger partial charge in [0.2, 0.25) is 5.78 Å². The van der Waals surface area contributed by atoms with Crippen LogP contribution in [0.15, 0.2) is 4.52 Å². The van der Waals surface area contributed by atoms with Crippen LogP contribution in [0.2, 0.25) is 0 Å². The Morgan fingerprint density at radius 2 is 2.19 bits per heavy atom. The van der Waals surface area contributed by atoms with E-state index in [9.17, 15) is 4.79 Å². The van der Waals surface area contributed by atoms with Gasteiger partial charge in [0, 0.05) is 11.8 Å². The number of Topliss-reactive ketones (excluding diaryl/α,β-unsaturated/α-hetero) is 1. The van der Waals surface area contributed by atoms with Gasteiger partial charge in [-0.15, -0.1) is 0 Å². The molecule has 1 heterocycles. The minimum absolute atomic E-state index is 0.0308. The smallest absolute Gasteiger partial charge is 0.294 e. The van der Waals surface area contributed by atoms with Crippen LogP contribution < -0.4 is 0 Å². The van der Waals surface area contributed by atoms with Crippen molar-refractivity contribution in [1.29, 1.82) is 0 Å². The molecule has 4 heteroatoms. The molecule has 0 radical (unpaired) electrons. The molecule has 0 unspecified atom stereocenters. The minimum Gasteiger partial charge on any atom is -0.331 e. The summed E-state index contributed by atoms with van der Waals surface area (Å²) < 4.78 is 5.01. The minimum atomic E-state index is -0.0308. The van der Waals surface area contributed by atoms with Crippen LogP contribution >= 0.6 is 0 Å². The molecule has 1 aliphatic rings. The number of aromatic nitrogens is 2. The van der Waals surface area contributed by atoms with Crippen molar-refractivity contribution in [3.63, 3.8) is 0 Å². The van der Waals surface area contributed by atoms with E-state index in [0.717, 1.165) is 19.3 Å². The SMILES string of the molecule is CC(C)CCC(=O)c1nc(C2(C)CC2)no1. The molecule has 1 aromatic rings. The molecule has 0 N–H and O–H groups in total. The monoisotopic (exact) mass is 222 g/mol. The van der Waals surface area contributed by atoms with Gasteiger partial charge in [0.05, 0.1) is 0 Å². The van der Waals surface area contributed by atoms with Gasteiger partial charge in [-0.05, 0) is 25.2 Å². The first-order chi connectivity index (χ1) is 7.51. The van der Waals surface area contributed by atoms with Crippen molar-refractivity contribution in [2.75, 3.05) is 0 Å². The van der Waals surface area contributed by atoms with Crippen molar-refractivity contribution < 1.29 is 9.32 Å². The summed E-state index contributed by atoms with van der Waals surface area (Å²) in [7, 11) is 0. The normalized spacial score (nSPS) is 17.8. The molecular weight excluding hydrogens is 204 g/mol. The summed E-state index contributed by atoms with van der Waals surface area (Å²) in [6, 6.07) is 0. The number of carbonyl (C=O) groups is 1. The topological polar surface area (TPSA) is 56.0 Å². The molecule has 0 saturated heterocycles. The Morgan fingerprint density at radius 1 is 1.50 bits per heavy atom. The molecule has 0 aromatic carbocycles. The van der Waals surface area contributed by atoms with Crippen molar-refractivity contribution >= 4 is 5.78 Å². The number of hydrogen-bond acceptors (Lipinski definition) is 4. The lowest BCUT2D eigenvalue weighted by atomic mass is 10.1. The zero-order valence-corrected chi connectivity index (χ0v) is 10.1. The molecule has 1 saturated carbocycles. The molecule has 4 nitrogen and oxygen atoms in total. The molecule has 2 rings (SSSR count). The average Bonchev–Trinajstić information content (AvgIpc) is 2.82. The Kier molecular flexibility index (Phi) is 2.82. The lowest BCUT2D eigenvalue weighted by Gasteiger charge is -2.00. The van der Waals surface area contributed by atoms with Gasteiger partial charge < -0.3 is 4.52 Å². The number of nitrogens with zero attached hydrogens (tertiary/aromatic N) is 2. The second kappa shape index (κ2) is 4.00. The first-order valence-corrected chi connectivity index (χ1v) is 5.89. The molecule has 0 aliphatic heterocycles. The average molecular weight is 222 g/mol. The third-order valence-corrected chi connectivity index (χ3v) is 3.15. The Labute approximate surface area is 95.4 Å². The maximum absolute atomic E-state index is 11.7. The second-order valence-corrected chi connectivity index (χ2v) is 5.34. The fourth-order valence-corrected chi connectivity index (χ4v) is 1.52. The van der Waals surface area contributed by atoms with Crippen LogP contribution in [-0.4, -0.2) is 15.9 Å². The summed E-state index contributed by atoms with van der Waals surface area (Å²) in [6.45, 7) is 6.29. The van der Waals surface area contributed by atoms with Crippen molar-refractivity contribution in [3.8, 4) is 0 Å². The summed E-state index contributed by atoms with van der Waals surface area (Å²) >= 11 is 0. The van der Waals surface area contributed by atoms with E-state index in [-0.39, 0.29) is 17.1 Å². The Hall–Kier alpha value is -1.19. The molecular formula is C12H18N2O2. The second-order valence-electron chi connectivity index (χ2n) is 5.34. The Balaban J connectivity index is 1.99. The van der Waals surface area contributed by atoms with Gasteiger partial charge in [-0.25, -0.2) is 0 Å². The van der Waals surface area contributed by atoms with E-state index >= 15 is 0 Å². The summed E-state index contributed by atoms with van der Waals surface area (Å²) in [5.74, 6) is 1.37. The summed E-state index contributed by atoms with van der Waals surface area (Å²) in [5, 5.41) is 3.89. The van der Waals surface area contributed by atoms with E-state index in [0.29, 0.717) is 18.2 Å². The van der Waals surface area contributed by atoms with Gasteiger partial charge >= 0.3 is 0 Å². The Morgan fingerprint density at radius 3 is 2.75 bits per heavy atom. The summed E-state index contributed by atoms with van der Waals surface area (Å²) in [6.07, 6.45) is 3.54. The van der Waals surface area contributed by atoms with Gasteiger partial charge in [0.15, 0.2) is 5.82 Å². The quantitative estimate of drug-likeness (QED) is 0.719. The highest BCUT2D eigenvalue weighted by molar-refractivity contribution is 5.91. The zero-order valence-electron chi connectivity index (χ0n) is 10.1. The van der Waals surface area contributed by atoms with E-state index in [1.165, 1.54) is 0 Å². The van der Waals surface area contributed by atoms with Crippen LogP contribution in [0.4, 0.5) is 0 Å². The van der Waals surface area contributed by atoms with Gasteiger partial charge in [-0.1, -0.05) is 25.9 Å². The largest absolute Gasteiger partial charge is 0.331 e. The lowest BCUT2D eigenvalue weighted by Crippen LogP contribution is -2.05. The van der Waals surface area contributed by atoms with Crippen LogP contribution in [0, 0.1) is 5.92 Å². The van der Waals surface area contributed by atoms with Gasteiger partial charge in [0.1, 0.15) is 0 Å². The standard InChI is InChI=1S/C12H18N2O2/c1-8(2)4-5-9(15)10-13-11(14-16-10)12(3)6-7-12/h8H,4-7H2,1-3H3. The maximum Gasteiger partial charge on any atom is 0.294 e. The van der Waals surface area contributed by atoms with Gasteiger partial charge in [-0.3, -0.25) is 4.79 Å². The Bertz CT molecular complexity index is 391. The number of rotatable bonds is 5. The number of ketones is 1. The van der Waals surface area contributed by atoms with Crippen molar-refractivity contribution in [1.82, 2.24) is 10.1 Å². The van der Waals surface area contributed by atoms with Gasteiger partial charge in [-0.2, -0.15) is 4.98 Å². The van der Waals surface area contributed by atoms with Crippen molar-refractivity contribution in [2.45, 2.75) is 51.9 Å². The highest BCUT2D eigenvalue weighted by Gasteiger charge is 2.43. The van der Waals surface area contributed by atoms with Crippen LogP contribution in [0.1, 0.15) is 63.0 Å². The molecule has 1 aliphatic carbocycles. The first-order valence-electron chi connectivity index (χ1n) is 5.89. The van der Waals surface area contributed by atoms with E-state index in [2.05, 4.69) is 30.9 Å². The summed E-state index contributed by atoms with van der Waals surface area (Å²) in [4.78, 5) is 15.9. The lowest BCUT2D eigenvalue weighted by molar-refractivity contribution is 0.0932. The molecule has 88 valence electrons. The molecule has 1 fully saturated rings. The van der Waals surface area contributed by atoms with Crippen LogP contribution in [0.3, 0.4) is 0 Å². The molecule has 0 atom stereocenters. The van der Waals surface area contributed by atoms with Crippen molar-refractivity contribution in [3.05, 3.63) is 11.7 Å². The molecule has 0 amide bonds. The fourth-order valence-electron chi connectivity index (χ4n) is 1.52. The third-order valence-electron chi connectivity index (χ3n) is 3.15. The highest BCUT2D eigenvalue weighted by atomic mass is 16.5. The van der Waals surface area contributed by atoms with E-state index < -0.39 is 0 Å².